The van der Waals surface area contributed by atoms with Crippen molar-refractivity contribution in [3.05, 3.63) is 34.3 Å². The molecule has 1 aliphatic heterocycles. The highest BCUT2D eigenvalue weighted by Crippen LogP contribution is 2.36. The molecule has 16 heavy (non-hydrogen) atoms. The van der Waals surface area contributed by atoms with Crippen LogP contribution in [0, 0.1) is 0 Å². The Balaban J connectivity index is 2.42. The molecule has 1 unspecified atom stereocenters. The van der Waals surface area contributed by atoms with Gasteiger partial charge in [0.05, 0.1) is 0 Å². The van der Waals surface area contributed by atoms with Crippen molar-refractivity contribution >= 4 is 11.6 Å². The third-order valence-corrected chi connectivity index (χ3v) is 3.54. The standard InChI is InChI=1S/C12H14ClF2N/c1-12(5-2-6-16-12)9-7-8(11(14)15)3-4-10(9)13/h3-4,7,11,16H,2,5-6H2,1H3. The predicted molar refractivity (Wildman–Crippen MR) is 61.0 cm³/mol. The predicted octanol–water partition coefficient (Wildman–Crippen LogP) is 3.88. The zero-order valence-electron chi connectivity index (χ0n) is 9.06. The number of hydrogen-bond donors (Lipinski definition) is 1. The Morgan fingerprint density at radius 3 is 2.75 bits per heavy atom. The van der Waals surface area contributed by atoms with Crippen LogP contribution in [-0.4, -0.2) is 6.54 Å². The van der Waals surface area contributed by atoms with Gasteiger partial charge in [-0.2, -0.15) is 0 Å². The lowest BCUT2D eigenvalue weighted by atomic mass is 9.89. The largest absolute Gasteiger partial charge is 0.308 e. The van der Waals surface area contributed by atoms with E-state index in [2.05, 4.69) is 5.32 Å². The second-order valence-electron chi connectivity index (χ2n) is 4.40. The van der Waals surface area contributed by atoms with E-state index in [9.17, 15) is 8.78 Å². The van der Waals surface area contributed by atoms with E-state index in [1.807, 2.05) is 6.92 Å². The molecule has 0 saturated carbocycles. The summed E-state index contributed by atoms with van der Waals surface area (Å²) in [7, 11) is 0. The average Bonchev–Trinajstić information content (AvgIpc) is 2.66. The van der Waals surface area contributed by atoms with Gasteiger partial charge < -0.3 is 5.32 Å². The minimum atomic E-state index is -2.44. The molecular formula is C12H14ClF2N. The van der Waals surface area contributed by atoms with Gasteiger partial charge >= 0.3 is 0 Å². The quantitative estimate of drug-likeness (QED) is 0.834. The molecular weight excluding hydrogens is 232 g/mol. The van der Waals surface area contributed by atoms with Crippen molar-refractivity contribution in [3.8, 4) is 0 Å². The van der Waals surface area contributed by atoms with Crippen molar-refractivity contribution in [1.29, 1.82) is 0 Å². The smallest absolute Gasteiger partial charge is 0.263 e. The molecule has 1 fully saturated rings. The van der Waals surface area contributed by atoms with Gasteiger partial charge in [0, 0.05) is 16.1 Å². The van der Waals surface area contributed by atoms with E-state index >= 15 is 0 Å². The van der Waals surface area contributed by atoms with Crippen LogP contribution < -0.4 is 5.32 Å². The van der Waals surface area contributed by atoms with Crippen molar-refractivity contribution in [1.82, 2.24) is 5.32 Å². The summed E-state index contributed by atoms with van der Waals surface area (Å²) < 4.78 is 25.3. The summed E-state index contributed by atoms with van der Waals surface area (Å²) in [5, 5.41) is 3.88. The van der Waals surface area contributed by atoms with Crippen LogP contribution in [0.3, 0.4) is 0 Å². The van der Waals surface area contributed by atoms with E-state index in [-0.39, 0.29) is 11.1 Å². The molecule has 0 aromatic heterocycles. The molecule has 1 saturated heterocycles. The highest BCUT2D eigenvalue weighted by molar-refractivity contribution is 6.31. The Morgan fingerprint density at radius 2 is 2.19 bits per heavy atom. The first-order chi connectivity index (χ1) is 7.53. The molecule has 1 heterocycles. The molecule has 1 N–H and O–H groups in total. The van der Waals surface area contributed by atoms with E-state index in [0.717, 1.165) is 24.9 Å². The maximum Gasteiger partial charge on any atom is 0.263 e. The van der Waals surface area contributed by atoms with Crippen LogP contribution in [0.5, 0.6) is 0 Å². The van der Waals surface area contributed by atoms with Gasteiger partial charge in [-0.3, -0.25) is 0 Å². The van der Waals surface area contributed by atoms with Gasteiger partial charge in [-0.1, -0.05) is 17.7 Å². The van der Waals surface area contributed by atoms with E-state index in [1.54, 1.807) is 6.07 Å². The zero-order valence-corrected chi connectivity index (χ0v) is 9.82. The monoisotopic (exact) mass is 245 g/mol. The lowest BCUT2D eigenvalue weighted by Gasteiger charge is -2.26. The van der Waals surface area contributed by atoms with Gasteiger partial charge in [0.1, 0.15) is 0 Å². The zero-order chi connectivity index (χ0) is 11.8. The fraction of sp³-hybridized carbons (Fsp3) is 0.500. The topological polar surface area (TPSA) is 12.0 Å². The third kappa shape index (κ3) is 2.06. The molecule has 0 spiro atoms. The number of rotatable bonds is 2. The summed E-state index contributed by atoms with van der Waals surface area (Å²) in [6.07, 6.45) is -0.466. The molecule has 0 amide bonds. The first-order valence-corrected chi connectivity index (χ1v) is 5.74. The summed E-state index contributed by atoms with van der Waals surface area (Å²) in [6, 6.07) is 4.46. The van der Waals surface area contributed by atoms with Crippen molar-refractivity contribution in [2.24, 2.45) is 0 Å². The molecule has 0 aliphatic carbocycles. The summed E-state index contributed by atoms with van der Waals surface area (Å²) in [5.74, 6) is 0. The van der Waals surface area contributed by atoms with Crippen LogP contribution in [0.25, 0.3) is 0 Å². The van der Waals surface area contributed by atoms with E-state index in [0.29, 0.717) is 5.02 Å². The molecule has 0 bridgehead atoms. The fourth-order valence-corrected chi connectivity index (χ4v) is 2.55. The van der Waals surface area contributed by atoms with Crippen LogP contribution in [0.15, 0.2) is 18.2 Å². The van der Waals surface area contributed by atoms with Gasteiger partial charge in [0.25, 0.3) is 6.43 Å². The summed E-state index contributed by atoms with van der Waals surface area (Å²) in [6.45, 7) is 2.92. The molecule has 2 rings (SSSR count). The lowest BCUT2D eigenvalue weighted by molar-refractivity contribution is 0.151. The van der Waals surface area contributed by atoms with Crippen molar-refractivity contribution in [2.75, 3.05) is 6.54 Å². The van der Waals surface area contributed by atoms with Gasteiger partial charge in [-0.05, 0) is 44.0 Å². The van der Waals surface area contributed by atoms with Crippen molar-refractivity contribution in [3.63, 3.8) is 0 Å². The van der Waals surface area contributed by atoms with E-state index in [1.165, 1.54) is 12.1 Å². The maximum atomic E-state index is 12.6. The minimum Gasteiger partial charge on any atom is -0.308 e. The fourth-order valence-electron chi connectivity index (χ4n) is 2.23. The Kier molecular flexibility index (Phi) is 3.17. The SMILES string of the molecule is CC1(c2cc(C(F)F)ccc2Cl)CCCN1. The molecule has 88 valence electrons. The summed E-state index contributed by atoms with van der Waals surface area (Å²) in [4.78, 5) is 0. The second kappa shape index (κ2) is 4.30. The van der Waals surface area contributed by atoms with Gasteiger partial charge in [0.15, 0.2) is 0 Å². The summed E-state index contributed by atoms with van der Waals surface area (Å²) >= 11 is 6.09. The van der Waals surface area contributed by atoms with E-state index < -0.39 is 6.43 Å². The lowest BCUT2D eigenvalue weighted by Crippen LogP contribution is -2.33. The maximum absolute atomic E-state index is 12.6. The van der Waals surface area contributed by atoms with Gasteiger partial charge in [0.2, 0.25) is 0 Å². The first kappa shape index (κ1) is 11.8. The number of halogens is 3. The van der Waals surface area contributed by atoms with Crippen molar-refractivity contribution < 1.29 is 8.78 Å². The minimum absolute atomic E-state index is 0.0364. The Hall–Kier alpha value is -0.670. The van der Waals surface area contributed by atoms with Crippen molar-refractivity contribution in [2.45, 2.75) is 31.7 Å². The van der Waals surface area contributed by atoms with Crippen LogP contribution in [-0.2, 0) is 5.54 Å². The molecule has 1 aromatic rings. The Bertz CT molecular complexity index is 387. The molecule has 1 atom stereocenters. The van der Waals surface area contributed by atoms with Crippen LogP contribution in [0.2, 0.25) is 5.02 Å². The first-order valence-electron chi connectivity index (χ1n) is 5.36. The van der Waals surface area contributed by atoms with Gasteiger partial charge in [-0.15, -0.1) is 0 Å². The van der Waals surface area contributed by atoms with Crippen LogP contribution in [0.1, 0.15) is 37.3 Å². The summed E-state index contributed by atoms with van der Waals surface area (Å²) in [5.41, 5.74) is 0.556. The van der Waals surface area contributed by atoms with E-state index in [4.69, 9.17) is 11.6 Å². The number of benzene rings is 1. The highest BCUT2D eigenvalue weighted by Gasteiger charge is 2.32. The molecule has 1 nitrogen and oxygen atoms in total. The van der Waals surface area contributed by atoms with Crippen LogP contribution >= 0.6 is 11.6 Å². The normalized spacial score (nSPS) is 25.3. The molecule has 0 radical (unpaired) electrons. The highest BCUT2D eigenvalue weighted by atomic mass is 35.5. The second-order valence-corrected chi connectivity index (χ2v) is 4.81. The average molecular weight is 246 g/mol. The molecule has 1 aliphatic rings. The Labute approximate surface area is 98.8 Å². The number of nitrogens with one attached hydrogen (secondary N) is 1. The number of hydrogen-bond acceptors (Lipinski definition) is 1. The van der Waals surface area contributed by atoms with Crippen LogP contribution in [0.4, 0.5) is 8.78 Å². The third-order valence-electron chi connectivity index (χ3n) is 3.21. The number of alkyl halides is 2. The molecule has 1 aromatic carbocycles. The van der Waals surface area contributed by atoms with Gasteiger partial charge in [-0.25, -0.2) is 8.78 Å². The molecule has 4 heteroatoms. The Morgan fingerprint density at radius 1 is 1.44 bits per heavy atom.